The summed E-state index contributed by atoms with van der Waals surface area (Å²) in [7, 11) is 0. The smallest absolute Gasteiger partial charge is 0.156 e. The summed E-state index contributed by atoms with van der Waals surface area (Å²) < 4.78 is 0. The highest BCUT2D eigenvalue weighted by molar-refractivity contribution is 5.91. The van der Waals surface area contributed by atoms with E-state index in [2.05, 4.69) is 13.0 Å². The zero-order valence-corrected chi connectivity index (χ0v) is 14.6. The molecule has 3 fully saturated rings. The summed E-state index contributed by atoms with van der Waals surface area (Å²) in [5.74, 6) is 0.468. The van der Waals surface area contributed by atoms with Gasteiger partial charge in [0.15, 0.2) is 11.4 Å². The van der Waals surface area contributed by atoms with Gasteiger partial charge in [-0.05, 0) is 62.9 Å². The second kappa shape index (κ2) is 4.71. The third-order valence-corrected chi connectivity index (χ3v) is 8.49. The van der Waals surface area contributed by atoms with Crippen LogP contribution in [0, 0.1) is 34.0 Å². The lowest BCUT2D eigenvalue weighted by atomic mass is 9.44. The van der Waals surface area contributed by atoms with E-state index in [4.69, 9.17) is 0 Å². The highest BCUT2D eigenvalue weighted by Crippen LogP contribution is 2.68. The topological polar surface area (TPSA) is 81.3 Å². The molecule has 6 atom stereocenters. The third kappa shape index (κ3) is 1.68. The first kappa shape index (κ1) is 16.3. The molecule has 0 amide bonds. The predicted molar refractivity (Wildman–Crippen MR) is 88.7 cm³/mol. The molecule has 4 nitrogen and oxygen atoms in total. The minimum atomic E-state index is -1.27. The third-order valence-electron chi connectivity index (χ3n) is 8.49. The summed E-state index contributed by atoms with van der Waals surface area (Å²) in [4.78, 5) is 11.9. The van der Waals surface area contributed by atoms with Crippen LogP contribution < -0.4 is 0 Å². The Morgan fingerprint density at radius 3 is 2.54 bits per heavy atom. The number of nitrogens with zero attached hydrogens (tertiary/aromatic N) is 1. The molecule has 0 bridgehead atoms. The van der Waals surface area contributed by atoms with Crippen molar-refractivity contribution in [2.75, 3.05) is 0 Å². The average molecular weight is 329 g/mol. The summed E-state index contributed by atoms with van der Waals surface area (Å²) in [5.41, 5.74) is -1.73. The van der Waals surface area contributed by atoms with Crippen LogP contribution in [-0.2, 0) is 4.79 Å². The standard InChI is InChI=1S/C20H27NO3/c1-17-7-5-14(22)11-13(17)3-4-16-15-6-8-19(23,12-21)18(15,2)9-10-20(16,17)24/h11,15-16,23-24H,3-10H2,1-2H3/t15-,16-,17-,18-,19-,20-/m0/s1. The van der Waals surface area contributed by atoms with Crippen LogP contribution in [0.4, 0.5) is 0 Å². The Labute approximate surface area is 143 Å². The van der Waals surface area contributed by atoms with E-state index in [1.165, 1.54) is 0 Å². The quantitative estimate of drug-likeness (QED) is 0.670. The molecule has 4 heteroatoms. The maximum atomic E-state index is 11.9. The molecule has 0 aliphatic heterocycles. The van der Waals surface area contributed by atoms with Gasteiger partial charge in [0.05, 0.1) is 11.7 Å². The SMILES string of the molecule is C[C@]12CCC(=O)C=C1CC[C@H]1[C@@H]3CC[C@](O)(C#N)[C@@]3(C)CC[C@]12O. The first-order valence-electron chi connectivity index (χ1n) is 9.30. The Morgan fingerprint density at radius 1 is 1.08 bits per heavy atom. The van der Waals surface area contributed by atoms with E-state index in [0.29, 0.717) is 25.7 Å². The number of carbonyl (C=O) groups excluding carboxylic acids is 1. The van der Waals surface area contributed by atoms with Gasteiger partial charge in [0.25, 0.3) is 0 Å². The molecule has 2 N–H and O–H groups in total. The van der Waals surface area contributed by atoms with E-state index in [9.17, 15) is 20.3 Å². The Hall–Kier alpha value is -1.18. The molecule has 3 saturated carbocycles. The summed E-state index contributed by atoms with van der Waals surface area (Å²) in [6.45, 7) is 4.18. The van der Waals surface area contributed by atoms with Gasteiger partial charge in [-0.25, -0.2) is 0 Å². The Kier molecular flexibility index (Phi) is 3.20. The lowest BCUT2D eigenvalue weighted by Gasteiger charge is -2.63. The van der Waals surface area contributed by atoms with Crippen molar-refractivity contribution in [1.29, 1.82) is 5.26 Å². The van der Waals surface area contributed by atoms with E-state index < -0.39 is 16.6 Å². The fourth-order valence-corrected chi connectivity index (χ4v) is 6.70. The molecule has 4 aliphatic carbocycles. The van der Waals surface area contributed by atoms with E-state index >= 15 is 0 Å². The molecule has 0 aromatic carbocycles. The number of hydrogen-bond acceptors (Lipinski definition) is 4. The van der Waals surface area contributed by atoms with Gasteiger partial charge in [-0.15, -0.1) is 0 Å². The van der Waals surface area contributed by atoms with Crippen molar-refractivity contribution in [3.05, 3.63) is 11.6 Å². The average Bonchev–Trinajstić information content (AvgIpc) is 2.82. The van der Waals surface area contributed by atoms with Crippen molar-refractivity contribution in [3.8, 4) is 6.07 Å². The van der Waals surface area contributed by atoms with E-state index in [-0.39, 0.29) is 23.0 Å². The lowest BCUT2D eigenvalue weighted by Crippen LogP contribution is -2.64. The van der Waals surface area contributed by atoms with Gasteiger partial charge >= 0.3 is 0 Å². The molecule has 4 aliphatic rings. The minimum absolute atomic E-state index is 0.106. The Bertz CT molecular complexity index is 679. The molecule has 130 valence electrons. The minimum Gasteiger partial charge on any atom is -0.389 e. The van der Waals surface area contributed by atoms with Crippen LogP contribution in [0.3, 0.4) is 0 Å². The lowest BCUT2D eigenvalue weighted by molar-refractivity contribution is -0.202. The first-order valence-corrected chi connectivity index (χ1v) is 9.30. The second-order valence-electron chi connectivity index (χ2n) is 9.07. The molecule has 0 unspecified atom stereocenters. The number of ketones is 1. The van der Waals surface area contributed by atoms with Crippen molar-refractivity contribution in [2.45, 2.75) is 76.4 Å². The van der Waals surface area contributed by atoms with Crippen molar-refractivity contribution in [3.63, 3.8) is 0 Å². The molecule has 0 radical (unpaired) electrons. The number of fused-ring (bicyclic) bond motifs is 5. The molecule has 0 heterocycles. The number of aliphatic hydroxyl groups is 2. The largest absolute Gasteiger partial charge is 0.389 e. The van der Waals surface area contributed by atoms with Gasteiger partial charge in [-0.2, -0.15) is 5.26 Å². The van der Waals surface area contributed by atoms with Crippen molar-refractivity contribution < 1.29 is 15.0 Å². The van der Waals surface area contributed by atoms with E-state index in [1.54, 1.807) is 6.08 Å². The summed E-state index contributed by atoms with van der Waals surface area (Å²) in [5, 5.41) is 32.2. The van der Waals surface area contributed by atoms with Gasteiger partial charge < -0.3 is 10.2 Å². The van der Waals surface area contributed by atoms with Gasteiger partial charge in [-0.3, -0.25) is 4.79 Å². The summed E-state index contributed by atoms with van der Waals surface area (Å²) >= 11 is 0. The fourth-order valence-electron chi connectivity index (χ4n) is 6.70. The Morgan fingerprint density at radius 2 is 1.83 bits per heavy atom. The molecule has 24 heavy (non-hydrogen) atoms. The van der Waals surface area contributed by atoms with Gasteiger partial charge in [-0.1, -0.05) is 19.4 Å². The van der Waals surface area contributed by atoms with E-state index in [0.717, 1.165) is 31.3 Å². The van der Waals surface area contributed by atoms with Crippen LogP contribution in [-0.4, -0.2) is 27.2 Å². The summed E-state index contributed by atoms with van der Waals surface area (Å²) in [6, 6.07) is 2.18. The van der Waals surface area contributed by atoms with E-state index in [1.807, 2.05) is 6.92 Å². The van der Waals surface area contributed by atoms with Crippen molar-refractivity contribution in [2.24, 2.45) is 22.7 Å². The first-order chi connectivity index (χ1) is 11.2. The summed E-state index contributed by atoms with van der Waals surface area (Å²) in [6.07, 6.45) is 7.32. The second-order valence-corrected chi connectivity index (χ2v) is 9.07. The number of nitriles is 1. The monoisotopic (exact) mass is 329 g/mol. The predicted octanol–water partition coefficient (Wildman–Crippen LogP) is 2.89. The highest BCUT2D eigenvalue weighted by Gasteiger charge is 2.69. The normalized spacial score (nSPS) is 53.5. The zero-order valence-electron chi connectivity index (χ0n) is 14.6. The molecule has 0 spiro atoms. The number of carbonyl (C=O) groups is 1. The van der Waals surface area contributed by atoms with Crippen LogP contribution in [0.1, 0.15) is 65.2 Å². The van der Waals surface area contributed by atoms with Gasteiger partial charge in [0.2, 0.25) is 0 Å². The number of rotatable bonds is 0. The van der Waals surface area contributed by atoms with Crippen LogP contribution in [0.5, 0.6) is 0 Å². The molecule has 4 rings (SSSR count). The number of hydrogen-bond donors (Lipinski definition) is 2. The maximum absolute atomic E-state index is 11.9. The molecular formula is C20H27NO3. The van der Waals surface area contributed by atoms with Gasteiger partial charge in [0, 0.05) is 17.3 Å². The molecule has 0 aromatic heterocycles. The molecule has 0 aromatic rings. The maximum Gasteiger partial charge on any atom is 0.156 e. The van der Waals surface area contributed by atoms with Crippen LogP contribution in [0.25, 0.3) is 0 Å². The van der Waals surface area contributed by atoms with Crippen molar-refractivity contribution in [1.82, 2.24) is 0 Å². The van der Waals surface area contributed by atoms with Crippen LogP contribution in [0.2, 0.25) is 0 Å². The Balaban J connectivity index is 1.77. The zero-order chi connectivity index (χ0) is 17.4. The molecule has 0 saturated heterocycles. The van der Waals surface area contributed by atoms with Gasteiger partial charge in [0.1, 0.15) is 0 Å². The fraction of sp³-hybridized carbons (Fsp3) is 0.800. The van der Waals surface area contributed by atoms with Crippen molar-refractivity contribution >= 4 is 5.78 Å². The van der Waals surface area contributed by atoms with Crippen LogP contribution >= 0.6 is 0 Å². The highest BCUT2D eigenvalue weighted by atomic mass is 16.3. The van der Waals surface area contributed by atoms with Crippen LogP contribution in [0.15, 0.2) is 11.6 Å². The molecular weight excluding hydrogens is 302 g/mol.